The molecule has 0 spiro atoms. The normalized spacial score (nSPS) is 32.9. The van der Waals surface area contributed by atoms with Crippen molar-refractivity contribution in [1.29, 1.82) is 0 Å². The van der Waals surface area contributed by atoms with E-state index in [0.717, 1.165) is 32.7 Å². The predicted octanol–water partition coefficient (Wildman–Crippen LogP) is -0.0143. The molecule has 4 heteroatoms. The molecule has 2 aliphatic heterocycles. The zero-order chi connectivity index (χ0) is 9.97. The van der Waals surface area contributed by atoms with Crippen LogP contribution in [0, 0.1) is 0 Å². The van der Waals surface area contributed by atoms with Crippen LogP contribution >= 0.6 is 0 Å². The monoisotopic (exact) mass is 198 g/mol. The van der Waals surface area contributed by atoms with Gasteiger partial charge >= 0.3 is 0 Å². The molecule has 1 amide bonds. The third-order valence-electron chi connectivity index (χ3n) is 3.00. The topological polar surface area (TPSA) is 41.6 Å². The van der Waals surface area contributed by atoms with Crippen LogP contribution in [0.25, 0.3) is 0 Å². The van der Waals surface area contributed by atoms with Crippen LogP contribution in [0.5, 0.6) is 0 Å². The average molecular weight is 198 g/mol. The first-order valence-corrected chi connectivity index (χ1v) is 5.41. The summed E-state index contributed by atoms with van der Waals surface area (Å²) in [5, 5.41) is 3.49. The Bertz CT molecular complexity index is 214. The second-order valence-corrected chi connectivity index (χ2v) is 4.06. The molecule has 14 heavy (non-hydrogen) atoms. The van der Waals surface area contributed by atoms with Crippen LogP contribution in [-0.4, -0.2) is 49.2 Å². The molecule has 0 aromatic heterocycles. The summed E-state index contributed by atoms with van der Waals surface area (Å²) in [6.07, 6.45) is 1.74. The van der Waals surface area contributed by atoms with Gasteiger partial charge in [0.2, 0.25) is 5.91 Å². The number of amides is 1. The minimum Gasteiger partial charge on any atom is -0.380 e. The Morgan fingerprint density at radius 2 is 2.43 bits per heavy atom. The second-order valence-electron chi connectivity index (χ2n) is 4.06. The van der Waals surface area contributed by atoms with Crippen molar-refractivity contribution in [1.82, 2.24) is 10.2 Å². The van der Waals surface area contributed by atoms with Gasteiger partial charge in [-0.3, -0.25) is 4.79 Å². The molecule has 0 saturated carbocycles. The molecule has 2 aliphatic rings. The van der Waals surface area contributed by atoms with Crippen LogP contribution in [0.1, 0.15) is 19.8 Å². The number of hydrogen-bond acceptors (Lipinski definition) is 3. The van der Waals surface area contributed by atoms with Crippen molar-refractivity contribution in [3.63, 3.8) is 0 Å². The highest BCUT2D eigenvalue weighted by atomic mass is 16.5. The lowest BCUT2D eigenvalue weighted by atomic mass is 10.2. The number of hydrogen-bond donors (Lipinski definition) is 1. The average Bonchev–Trinajstić information content (AvgIpc) is 2.76. The Morgan fingerprint density at radius 1 is 1.57 bits per heavy atom. The fourth-order valence-electron chi connectivity index (χ4n) is 2.19. The van der Waals surface area contributed by atoms with E-state index in [-0.39, 0.29) is 5.91 Å². The molecule has 0 aromatic rings. The highest BCUT2D eigenvalue weighted by molar-refractivity contribution is 5.79. The maximum Gasteiger partial charge on any atom is 0.224 e. The SMILES string of the molecule is CCN1CC(NC2CCOC2)CC1=O. The first-order valence-electron chi connectivity index (χ1n) is 5.41. The van der Waals surface area contributed by atoms with Gasteiger partial charge in [0.15, 0.2) is 0 Å². The molecule has 4 nitrogen and oxygen atoms in total. The fraction of sp³-hybridized carbons (Fsp3) is 0.900. The standard InChI is InChI=1S/C10H18N2O2/c1-2-12-6-9(5-10(12)13)11-8-3-4-14-7-8/h8-9,11H,2-7H2,1H3. The first-order chi connectivity index (χ1) is 6.79. The largest absolute Gasteiger partial charge is 0.380 e. The van der Waals surface area contributed by atoms with Gasteiger partial charge in [-0.1, -0.05) is 0 Å². The summed E-state index contributed by atoms with van der Waals surface area (Å²) in [5.41, 5.74) is 0. The Kier molecular flexibility index (Phi) is 3.03. The van der Waals surface area contributed by atoms with E-state index < -0.39 is 0 Å². The van der Waals surface area contributed by atoms with Crippen molar-refractivity contribution in [3.05, 3.63) is 0 Å². The van der Waals surface area contributed by atoms with E-state index >= 15 is 0 Å². The maximum absolute atomic E-state index is 11.4. The lowest BCUT2D eigenvalue weighted by Gasteiger charge is -2.17. The molecule has 2 rings (SSSR count). The van der Waals surface area contributed by atoms with Crippen molar-refractivity contribution in [2.75, 3.05) is 26.3 Å². The van der Waals surface area contributed by atoms with E-state index in [1.165, 1.54) is 0 Å². The second kappa shape index (κ2) is 4.28. The van der Waals surface area contributed by atoms with Crippen LogP contribution in [0.3, 0.4) is 0 Å². The molecule has 2 atom stereocenters. The first kappa shape index (κ1) is 9.93. The van der Waals surface area contributed by atoms with Gasteiger partial charge in [-0.05, 0) is 13.3 Å². The molecular weight excluding hydrogens is 180 g/mol. The van der Waals surface area contributed by atoms with Crippen molar-refractivity contribution in [2.24, 2.45) is 0 Å². The summed E-state index contributed by atoms with van der Waals surface area (Å²) >= 11 is 0. The van der Waals surface area contributed by atoms with Gasteiger partial charge in [-0.15, -0.1) is 0 Å². The highest BCUT2D eigenvalue weighted by Gasteiger charge is 2.30. The van der Waals surface area contributed by atoms with Gasteiger partial charge in [0.25, 0.3) is 0 Å². The van der Waals surface area contributed by atoms with Gasteiger partial charge in [-0.25, -0.2) is 0 Å². The number of ether oxygens (including phenoxy) is 1. The minimum absolute atomic E-state index is 0.281. The summed E-state index contributed by atoms with van der Waals surface area (Å²) in [6, 6.07) is 0.804. The summed E-state index contributed by atoms with van der Waals surface area (Å²) < 4.78 is 5.29. The van der Waals surface area contributed by atoms with Crippen LogP contribution < -0.4 is 5.32 Å². The van der Waals surface area contributed by atoms with E-state index in [9.17, 15) is 4.79 Å². The molecule has 2 heterocycles. The minimum atomic E-state index is 0.281. The summed E-state index contributed by atoms with van der Waals surface area (Å²) in [4.78, 5) is 13.4. The summed E-state index contributed by atoms with van der Waals surface area (Å²) in [6.45, 7) is 5.38. The smallest absolute Gasteiger partial charge is 0.224 e. The third-order valence-corrected chi connectivity index (χ3v) is 3.00. The Balaban J connectivity index is 1.79. The molecule has 0 aliphatic carbocycles. The lowest BCUT2D eigenvalue weighted by Crippen LogP contribution is -2.40. The van der Waals surface area contributed by atoms with Gasteiger partial charge in [0.1, 0.15) is 0 Å². The molecule has 2 fully saturated rings. The quantitative estimate of drug-likeness (QED) is 0.693. The predicted molar refractivity (Wildman–Crippen MR) is 53.0 cm³/mol. The number of likely N-dealkylation sites (tertiary alicyclic amines) is 1. The van der Waals surface area contributed by atoms with Crippen molar-refractivity contribution < 1.29 is 9.53 Å². The van der Waals surface area contributed by atoms with E-state index in [2.05, 4.69) is 5.32 Å². The molecule has 2 unspecified atom stereocenters. The number of rotatable bonds is 3. The van der Waals surface area contributed by atoms with Gasteiger partial charge in [0, 0.05) is 38.2 Å². The summed E-state index contributed by atoms with van der Waals surface area (Å²) in [5.74, 6) is 0.281. The molecule has 2 saturated heterocycles. The molecule has 1 N–H and O–H groups in total. The number of likely N-dealkylation sites (N-methyl/N-ethyl adjacent to an activating group) is 1. The zero-order valence-corrected chi connectivity index (χ0v) is 8.66. The van der Waals surface area contributed by atoms with Crippen LogP contribution in [0.4, 0.5) is 0 Å². The van der Waals surface area contributed by atoms with Crippen LogP contribution in [0.15, 0.2) is 0 Å². The third kappa shape index (κ3) is 2.07. The van der Waals surface area contributed by atoms with E-state index in [0.29, 0.717) is 18.5 Å². The van der Waals surface area contributed by atoms with E-state index in [1.807, 2.05) is 11.8 Å². The molecule has 0 radical (unpaired) electrons. The van der Waals surface area contributed by atoms with Gasteiger partial charge < -0.3 is 15.0 Å². The Hall–Kier alpha value is -0.610. The van der Waals surface area contributed by atoms with Gasteiger partial charge in [-0.2, -0.15) is 0 Å². The van der Waals surface area contributed by atoms with Crippen LogP contribution in [0.2, 0.25) is 0 Å². The fourth-order valence-corrected chi connectivity index (χ4v) is 2.19. The van der Waals surface area contributed by atoms with E-state index in [4.69, 9.17) is 4.74 Å². The number of carbonyl (C=O) groups excluding carboxylic acids is 1. The highest BCUT2D eigenvalue weighted by Crippen LogP contribution is 2.13. The maximum atomic E-state index is 11.4. The molecule has 80 valence electrons. The Labute approximate surface area is 84.6 Å². The Morgan fingerprint density at radius 3 is 3.00 bits per heavy atom. The van der Waals surface area contributed by atoms with Crippen molar-refractivity contribution >= 4 is 5.91 Å². The number of nitrogens with zero attached hydrogens (tertiary/aromatic N) is 1. The van der Waals surface area contributed by atoms with Crippen molar-refractivity contribution in [2.45, 2.75) is 31.8 Å². The summed E-state index contributed by atoms with van der Waals surface area (Å²) in [7, 11) is 0. The van der Waals surface area contributed by atoms with Crippen molar-refractivity contribution in [3.8, 4) is 0 Å². The molecule has 0 aromatic carbocycles. The molecular formula is C10H18N2O2. The zero-order valence-electron chi connectivity index (χ0n) is 8.66. The number of nitrogens with one attached hydrogen (secondary N) is 1. The lowest BCUT2D eigenvalue weighted by molar-refractivity contribution is -0.127. The van der Waals surface area contributed by atoms with Gasteiger partial charge in [0.05, 0.1) is 6.61 Å². The van der Waals surface area contributed by atoms with E-state index in [1.54, 1.807) is 0 Å². The van der Waals surface area contributed by atoms with Crippen LogP contribution in [-0.2, 0) is 9.53 Å². The molecule has 0 bridgehead atoms. The number of carbonyl (C=O) groups is 1.